The fourth-order valence-corrected chi connectivity index (χ4v) is 4.40. The second-order valence-corrected chi connectivity index (χ2v) is 7.64. The Kier molecular flexibility index (Phi) is 5.00. The Morgan fingerprint density at radius 3 is 2.48 bits per heavy atom. The van der Waals surface area contributed by atoms with E-state index in [1.54, 1.807) is 11.9 Å². The van der Waals surface area contributed by atoms with Crippen LogP contribution in [0, 0.1) is 0 Å². The zero-order chi connectivity index (χ0) is 15.5. The predicted octanol–water partition coefficient (Wildman–Crippen LogP) is 1.16. The number of para-hydroxylation sites is 1. The molecule has 116 valence electrons. The summed E-state index contributed by atoms with van der Waals surface area (Å²) in [5.41, 5.74) is 0.845. The summed E-state index contributed by atoms with van der Waals surface area (Å²) >= 11 is 0. The Labute approximate surface area is 126 Å². The zero-order valence-corrected chi connectivity index (χ0v) is 13.3. The van der Waals surface area contributed by atoms with Gasteiger partial charge in [0.05, 0.1) is 18.1 Å². The first-order chi connectivity index (χ1) is 9.93. The molecule has 0 spiro atoms. The molecule has 1 fully saturated rings. The maximum absolute atomic E-state index is 12.4. The van der Waals surface area contributed by atoms with Gasteiger partial charge in [0.25, 0.3) is 0 Å². The number of carbonyl (C=O) groups is 1. The van der Waals surface area contributed by atoms with E-state index in [1.165, 1.54) is 0 Å². The summed E-state index contributed by atoms with van der Waals surface area (Å²) in [6.07, 6.45) is 0.624. The maximum Gasteiger partial charge on any atom is 0.240 e. The fraction of sp³-hybridized carbons (Fsp3) is 0.533. The van der Waals surface area contributed by atoms with Crippen LogP contribution < -0.4 is 4.90 Å². The molecular weight excluding hydrogens is 288 g/mol. The van der Waals surface area contributed by atoms with Crippen molar-refractivity contribution in [1.82, 2.24) is 4.90 Å². The van der Waals surface area contributed by atoms with Crippen molar-refractivity contribution >= 4 is 21.4 Å². The van der Waals surface area contributed by atoms with Crippen LogP contribution in [0.5, 0.6) is 0 Å². The van der Waals surface area contributed by atoms with Gasteiger partial charge >= 0.3 is 0 Å². The lowest BCUT2D eigenvalue weighted by molar-refractivity contribution is -0.119. The predicted molar refractivity (Wildman–Crippen MR) is 84.2 cm³/mol. The van der Waals surface area contributed by atoms with Crippen LogP contribution in [0.3, 0.4) is 0 Å². The standard InChI is InChI=1S/C15H22N2O3S/c1-3-17(14-9-10-21(19,20)12-14)11-15(18)16(2)13-7-5-4-6-8-13/h4-8,14H,3,9-12H2,1-2H3. The van der Waals surface area contributed by atoms with Crippen molar-refractivity contribution in [3.05, 3.63) is 30.3 Å². The fourth-order valence-electron chi connectivity index (χ4n) is 2.64. The molecule has 0 aliphatic carbocycles. The molecule has 1 aromatic rings. The van der Waals surface area contributed by atoms with E-state index in [1.807, 2.05) is 42.2 Å². The van der Waals surface area contributed by atoms with Crippen LogP contribution in [0.25, 0.3) is 0 Å². The summed E-state index contributed by atoms with van der Waals surface area (Å²) in [4.78, 5) is 15.9. The minimum atomic E-state index is -2.93. The van der Waals surface area contributed by atoms with Crippen LogP contribution in [0.2, 0.25) is 0 Å². The molecular formula is C15H22N2O3S. The molecule has 1 saturated heterocycles. The van der Waals surface area contributed by atoms with Gasteiger partial charge < -0.3 is 4.90 Å². The third kappa shape index (κ3) is 4.04. The second kappa shape index (κ2) is 6.58. The Hall–Kier alpha value is -1.40. The summed E-state index contributed by atoms with van der Waals surface area (Å²) in [6, 6.07) is 9.42. The van der Waals surface area contributed by atoms with E-state index in [2.05, 4.69) is 0 Å². The first kappa shape index (κ1) is 16.0. The number of sulfone groups is 1. The molecule has 6 heteroatoms. The minimum absolute atomic E-state index is 0.0210. The van der Waals surface area contributed by atoms with Crippen molar-refractivity contribution in [3.8, 4) is 0 Å². The zero-order valence-electron chi connectivity index (χ0n) is 12.5. The van der Waals surface area contributed by atoms with Crippen LogP contribution >= 0.6 is 0 Å². The average Bonchev–Trinajstić information content (AvgIpc) is 2.84. The Bertz CT molecular complexity index is 586. The van der Waals surface area contributed by atoms with Crippen molar-refractivity contribution < 1.29 is 13.2 Å². The SMILES string of the molecule is CCN(CC(=O)N(C)c1ccccc1)C1CCS(=O)(=O)C1. The summed E-state index contributed by atoms with van der Waals surface area (Å²) in [5.74, 6) is 0.382. The number of anilines is 1. The molecule has 2 rings (SSSR count). The Balaban J connectivity index is 2.00. The van der Waals surface area contributed by atoms with Crippen LogP contribution in [-0.2, 0) is 14.6 Å². The third-order valence-electron chi connectivity index (χ3n) is 3.99. The monoisotopic (exact) mass is 310 g/mol. The van der Waals surface area contributed by atoms with E-state index in [0.29, 0.717) is 13.0 Å². The lowest BCUT2D eigenvalue weighted by atomic mass is 10.2. The van der Waals surface area contributed by atoms with Gasteiger partial charge in [0, 0.05) is 18.8 Å². The van der Waals surface area contributed by atoms with E-state index in [-0.39, 0.29) is 30.0 Å². The highest BCUT2D eigenvalue weighted by Gasteiger charge is 2.32. The summed E-state index contributed by atoms with van der Waals surface area (Å²) in [6.45, 7) is 2.89. The number of benzene rings is 1. The van der Waals surface area contributed by atoms with Crippen LogP contribution in [-0.4, -0.2) is 56.9 Å². The lowest BCUT2D eigenvalue weighted by Gasteiger charge is -2.28. The Morgan fingerprint density at radius 1 is 1.29 bits per heavy atom. The Morgan fingerprint density at radius 2 is 1.95 bits per heavy atom. The molecule has 0 bridgehead atoms. The minimum Gasteiger partial charge on any atom is -0.314 e. The normalized spacial score (nSPS) is 20.6. The molecule has 1 amide bonds. The highest BCUT2D eigenvalue weighted by Crippen LogP contribution is 2.18. The molecule has 1 heterocycles. The van der Waals surface area contributed by atoms with Crippen molar-refractivity contribution in [2.24, 2.45) is 0 Å². The largest absolute Gasteiger partial charge is 0.314 e. The molecule has 21 heavy (non-hydrogen) atoms. The van der Waals surface area contributed by atoms with E-state index in [9.17, 15) is 13.2 Å². The lowest BCUT2D eigenvalue weighted by Crippen LogP contribution is -2.44. The smallest absolute Gasteiger partial charge is 0.240 e. The highest BCUT2D eigenvalue weighted by atomic mass is 32.2. The molecule has 1 aliphatic heterocycles. The van der Waals surface area contributed by atoms with Crippen LogP contribution in [0.1, 0.15) is 13.3 Å². The van der Waals surface area contributed by atoms with Crippen LogP contribution in [0.15, 0.2) is 30.3 Å². The molecule has 5 nitrogen and oxygen atoms in total. The van der Waals surface area contributed by atoms with Gasteiger partial charge in [-0.05, 0) is 25.1 Å². The quantitative estimate of drug-likeness (QED) is 0.819. The number of hydrogen-bond acceptors (Lipinski definition) is 4. The number of amides is 1. The van der Waals surface area contributed by atoms with Gasteiger partial charge in [-0.25, -0.2) is 8.42 Å². The summed E-state index contributed by atoms with van der Waals surface area (Å²) in [7, 11) is -1.18. The topological polar surface area (TPSA) is 57.7 Å². The van der Waals surface area contributed by atoms with Crippen molar-refractivity contribution in [2.75, 3.05) is 36.5 Å². The molecule has 0 saturated carbocycles. The van der Waals surface area contributed by atoms with Crippen molar-refractivity contribution in [2.45, 2.75) is 19.4 Å². The van der Waals surface area contributed by atoms with Crippen LogP contribution in [0.4, 0.5) is 5.69 Å². The number of rotatable bonds is 5. The van der Waals surface area contributed by atoms with Crippen molar-refractivity contribution in [1.29, 1.82) is 0 Å². The molecule has 1 atom stereocenters. The van der Waals surface area contributed by atoms with E-state index in [0.717, 1.165) is 5.69 Å². The molecule has 1 aromatic carbocycles. The van der Waals surface area contributed by atoms with Gasteiger partial charge in [0.1, 0.15) is 0 Å². The van der Waals surface area contributed by atoms with E-state index in [4.69, 9.17) is 0 Å². The number of likely N-dealkylation sites (N-methyl/N-ethyl adjacent to an activating group) is 2. The molecule has 1 aliphatic rings. The van der Waals surface area contributed by atoms with Gasteiger partial charge in [0.2, 0.25) is 5.91 Å². The van der Waals surface area contributed by atoms with Gasteiger partial charge in [0.15, 0.2) is 9.84 Å². The van der Waals surface area contributed by atoms with E-state index >= 15 is 0 Å². The number of hydrogen-bond donors (Lipinski definition) is 0. The highest BCUT2D eigenvalue weighted by molar-refractivity contribution is 7.91. The number of carbonyl (C=O) groups excluding carboxylic acids is 1. The maximum atomic E-state index is 12.4. The van der Waals surface area contributed by atoms with Gasteiger partial charge in [-0.3, -0.25) is 9.69 Å². The first-order valence-electron chi connectivity index (χ1n) is 7.19. The molecule has 0 radical (unpaired) electrons. The second-order valence-electron chi connectivity index (χ2n) is 5.41. The third-order valence-corrected chi connectivity index (χ3v) is 5.74. The molecule has 1 unspecified atom stereocenters. The average molecular weight is 310 g/mol. The van der Waals surface area contributed by atoms with Gasteiger partial charge in [-0.1, -0.05) is 25.1 Å². The number of nitrogens with zero attached hydrogens (tertiary/aromatic N) is 2. The summed E-state index contributed by atoms with van der Waals surface area (Å²) < 4.78 is 23.2. The molecule has 0 aromatic heterocycles. The van der Waals surface area contributed by atoms with E-state index < -0.39 is 9.84 Å². The van der Waals surface area contributed by atoms with Crippen molar-refractivity contribution in [3.63, 3.8) is 0 Å². The summed E-state index contributed by atoms with van der Waals surface area (Å²) in [5, 5.41) is 0. The van der Waals surface area contributed by atoms with Gasteiger partial charge in [-0.15, -0.1) is 0 Å². The molecule has 0 N–H and O–H groups in total. The van der Waals surface area contributed by atoms with Gasteiger partial charge in [-0.2, -0.15) is 0 Å². The first-order valence-corrected chi connectivity index (χ1v) is 9.01.